The summed E-state index contributed by atoms with van der Waals surface area (Å²) in [5, 5.41) is 5.52. The Bertz CT molecular complexity index is 505. The molecule has 0 aromatic carbocycles. The highest BCUT2D eigenvalue weighted by Gasteiger charge is 2.30. The van der Waals surface area contributed by atoms with Gasteiger partial charge in [0.1, 0.15) is 4.34 Å². The third-order valence-electron chi connectivity index (χ3n) is 4.65. The van der Waals surface area contributed by atoms with E-state index in [0.29, 0.717) is 0 Å². The third-order valence-corrected chi connectivity index (χ3v) is 6.71. The number of aliphatic imine (C=N–C) groups is 1. The van der Waals surface area contributed by atoms with E-state index in [2.05, 4.69) is 27.0 Å². The number of rotatable bonds is 7. The van der Waals surface area contributed by atoms with E-state index in [9.17, 15) is 0 Å². The standard InChI is InChI=1S/C17H29N5S2.HI/c1-2-18-16(19-7-5-12-23-17-20-8-13-24-17)22-11-6-15(14-22)21-9-3-4-10-21;/h8,13,15H,2-7,9-12,14H2,1H3,(H,18,19);1H. The monoisotopic (exact) mass is 495 g/mol. The molecule has 2 aliphatic rings. The Labute approximate surface area is 177 Å². The van der Waals surface area contributed by atoms with Gasteiger partial charge in [0.15, 0.2) is 5.96 Å². The highest BCUT2D eigenvalue weighted by molar-refractivity contribution is 14.0. The lowest BCUT2D eigenvalue weighted by Gasteiger charge is -2.25. The lowest BCUT2D eigenvalue weighted by atomic mass is 10.2. The fourth-order valence-corrected chi connectivity index (χ4v) is 5.09. The van der Waals surface area contributed by atoms with E-state index in [4.69, 9.17) is 4.99 Å². The van der Waals surface area contributed by atoms with Crippen molar-refractivity contribution in [3.8, 4) is 0 Å². The van der Waals surface area contributed by atoms with Gasteiger partial charge in [-0.15, -0.1) is 35.3 Å². The maximum Gasteiger partial charge on any atom is 0.193 e. The molecule has 2 fully saturated rings. The van der Waals surface area contributed by atoms with Crippen LogP contribution in [-0.2, 0) is 0 Å². The molecule has 3 heterocycles. The van der Waals surface area contributed by atoms with Gasteiger partial charge in [-0.25, -0.2) is 4.98 Å². The van der Waals surface area contributed by atoms with Crippen LogP contribution in [0, 0.1) is 0 Å². The van der Waals surface area contributed by atoms with E-state index in [1.165, 1.54) is 36.7 Å². The molecule has 0 spiro atoms. The van der Waals surface area contributed by atoms with Crippen LogP contribution in [0.3, 0.4) is 0 Å². The Hall–Kier alpha value is -0.0600. The number of likely N-dealkylation sites (tertiary alicyclic amines) is 2. The fourth-order valence-electron chi connectivity index (χ4n) is 3.46. The number of halogens is 1. The number of hydrogen-bond donors (Lipinski definition) is 1. The van der Waals surface area contributed by atoms with Crippen LogP contribution in [0.2, 0.25) is 0 Å². The minimum Gasteiger partial charge on any atom is -0.357 e. The molecule has 1 unspecified atom stereocenters. The Morgan fingerprint density at radius 2 is 2.24 bits per heavy atom. The molecule has 0 saturated carbocycles. The van der Waals surface area contributed by atoms with Crippen LogP contribution < -0.4 is 5.32 Å². The zero-order valence-electron chi connectivity index (χ0n) is 15.0. The average Bonchev–Trinajstić information content (AvgIpc) is 3.34. The molecule has 2 aliphatic heterocycles. The van der Waals surface area contributed by atoms with E-state index in [1.54, 1.807) is 11.3 Å². The maximum atomic E-state index is 4.86. The van der Waals surface area contributed by atoms with Crippen molar-refractivity contribution in [2.24, 2.45) is 4.99 Å². The second-order valence-corrected chi connectivity index (χ2v) is 8.60. The summed E-state index contributed by atoms with van der Waals surface area (Å²) in [5.74, 6) is 2.20. The zero-order chi connectivity index (χ0) is 16.6. The number of aromatic nitrogens is 1. The third kappa shape index (κ3) is 6.55. The number of nitrogens with zero attached hydrogens (tertiary/aromatic N) is 4. The molecule has 142 valence electrons. The van der Waals surface area contributed by atoms with E-state index in [-0.39, 0.29) is 24.0 Å². The summed E-state index contributed by atoms with van der Waals surface area (Å²) in [5.41, 5.74) is 0. The lowest BCUT2D eigenvalue weighted by Crippen LogP contribution is -2.42. The number of guanidine groups is 1. The predicted molar refractivity (Wildman–Crippen MR) is 120 cm³/mol. The van der Waals surface area contributed by atoms with Crippen molar-refractivity contribution in [2.75, 3.05) is 45.0 Å². The van der Waals surface area contributed by atoms with Crippen LogP contribution in [0.1, 0.15) is 32.6 Å². The summed E-state index contributed by atoms with van der Waals surface area (Å²) in [4.78, 5) is 14.3. The van der Waals surface area contributed by atoms with Crippen molar-refractivity contribution in [2.45, 2.75) is 43.0 Å². The van der Waals surface area contributed by atoms with Gasteiger partial charge in [-0.2, -0.15) is 0 Å². The molecule has 1 atom stereocenters. The van der Waals surface area contributed by atoms with Gasteiger partial charge < -0.3 is 10.2 Å². The molecule has 25 heavy (non-hydrogen) atoms. The summed E-state index contributed by atoms with van der Waals surface area (Å²) >= 11 is 3.56. The van der Waals surface area contributed by atoms with Gasteiger partial charge in [-0.1, -0.05) is 11.8 Å². The van der Waals surface area contributed by atoms with Crippen LogP contribution in [0.4, 0.5) is 0 Å². The topological polar surface area (TPSA) is 43.8 Å². The molecular weight excluding hydrogens is 465 g/mol. The highest BCUT2D eigenvalue weighted by Crippen LogP contribution is 2.21. The summed E-state index contributed by atoms with van der Waals surface area (Å²) in [7, 11) is 0. The first-order valence-electron chi connectivity index (χ1n) is 9.16. The number of thiazole rings is 1. The van der Waals surface area contributed by atoms with Crippen LogP contribution in [0.5, 0.6) is 0 Å². The first-order chi connectivity index (χ1) is 11.9. The maximum absolute atomic E-state index is 4.86. The molecule has 1 N–H and O–H groups in total. The molecule has 1 aromatic rings. The second-order valence-electron chi connectivity index (χ2n) is 6.37. The van der Waals surface area contributed by atoms with Crippen molar-refractivity contribution < 1.29 is 0 Å². The van der Waals surface area contributed by atoms with Crippen molar-refractivity contribution >= 4 is 53.0 Å². The molecule has 0 aliphatic carbocycles. The molecule has 1 aromatic heterocycles. The molecular formula is C17H30IN5S2. The average molecular weight is 496 g/mol. The summed E-state index contributed by atoms with van der Waals surface area (Å²) in [6.07, 6.45) is 7.01. The van der Waals surface area contributed by atoms with Crippen LogP contribution >= 0.6 is 47.1 Å². The van der Waals surface area contributed by atoms with Crippen molar-refractivity contribution in [3.05, 3.63) is 11.6 Å². The predicted octanol–water partition coefficient (Wildman–Crippen LogP) is 3.38. The zero-order valence-corrected chi connectivity index (χ0v) is 19.0. The van der Waals surface area contributed by atoms with Gasteiger partial charge in [-0.05, 0) is 45.7 Å². The summed E-state index contributed by atoms with van der Waals surface area (Å²) in [6, 6.07) is 0.733. The van der Waals surface area contributed by atoms with Gasteiger partial charge in [0.2, 0.25) is 0 Å². The SMILES string of the molecule is CCNC(=NCCCSc1nccs1)N1CCC(N2CCCC2)C1.I. The minimum atomic E-state index is 0. The molecule has 0 amide bonds. The minimum absolute atomic E-state index is 0. The largest absolute Gasteiger partial charge is 0.357 e. The quantitative estimate of drug-likeness (QED) is 0.207. The molecule has 5 nitrogen and oxygen atoms in total. The van der Waals surface area contributed by atoms with Crippen molar-refractivity contribution in [3.63, 3.8) is 0 Å². The Balaban J connectivity index is 0.00000225. The van der Waals surface area contributed by atoms with Gasteiger partial charge >= 0.3 is 0 Å². The second kappa shape index (κ2) is 11.6. The van der Waals surface area contributed by atoms with E-state index >= 15 is 0 Å². The van der Waals surface area contributed by atoms with Gasteiger partial charge in [0.25, 0.3) is 0 Å². The van der Waals surface area contributed by atoms with Gasteiger partial charge in [0.05, 0.1) is 0 Å². The Kier molecular flexibility index (Phi) is 9.87. The van der Waals surface area contributed by atoms with Crippen molar-refractivity contribution in [1.29, 1.82) is 0 Å². The van der Waals surface area contributed by atoms with Gasteiger partial charge in [-0.3, -0.25) is 9.89 Å². The molecule has 0 radical (unpaired) electrons. The van der Waals surface area contributed by atoms with Gasteiger partial charge in [0, 0.05) is 49.6 Å². The lowest BCUT2D eigenvalue weighted by molar-refractivity contribution is 0.249. The number of thioether (sulfide) groups is 1. The van der Waals surface area contributed by atoms with Crippen molar-refractivity contribution in [1.82, 2.24) is 20.1 Å². The molecule has 2 saturated heterocycles. The molecule has 0 bridgehead atoms. The first-order valence-corrected chi connectivity index (χ1v) is 11.0. The number of hydrogen-bond acceptors (Lipinski definition) is 5. The molecule has 3 rings (SSSR count). The Morgan fingerprint density at radius 3 is 2.96 bits per heavy atom. The Morgan fingerprint density at radius 1 is 1.40 bits per heavy atom. The van der Waals surface area contributed by atoms with E-state index in [1.807, 2.05) is 23.3 Å². The normalized spacial score (nSPS) is 21.6. The smallest absolute Gasteiger partial charge is 0.193 e. The van der Waals surface area contributed by atoms with Crippen LogP contribution in [0.15, 0.2) is 20.9 Å². The summed E-state index contributed by atoms with van der Waals surface area (Å²) < 4.78 is 1.17. The molecule has 8 heteroatoms. The fraction of sp³-hybridized carbons (Fsp3) is 0.765. The van der Waals surface area contributed by atoms with E-state index < -0.39 is 0 Å². The summed E-state index contributed by atoms with van der Waals surface area (Å²) in [6.45, 7) is 8.85. The van der Waals surface area contributed by atoms with Crippen LogP contribution in [-0.4, -0.2) is 71.8 Å². The number of nitrogens with one attached hydrogen (secondary N) is 1. The van der Waals surface area contributed by atoms with Crippen LogP contribution in [0.25, 0.3) is 0 Å². The first kappa shape index (κ1) is 21.2. The highest BCUT2D eigenvalue weighted by atomic mass is 127. The van der Waals surface area contributed by atoms with E-state index in [0.717, 1.165) is 50.4 Å².